The van der Waals surface area contributed by atoms with Crippen molar-refractivity contribution >= 4 is 11.8 Å². The van der Waals surface area contributed by atoms with E-state index in [0.29, 0.717) is 12.1 Å². The fourth-order valence-electron chi connectivity index (χ4n) is 2.70. The lowest BCUT2D eigenvalue weighted by atomic mass is 10.1. The van der Waals surface area contributed by atoms with Crippen LogP contribution in [0.3, 0.4) is 0 Å². The molecule has 0 spiro atoms. The van der Waals surface area contributed by atoms with Crippen LogP contribution >= 0.6 is 0 Å². The molecule has 0 radical (unpaired) electrons. The van der Waals surface area contributed by atoms with Crippen molar-refractivity contribution in [1.82, 2.24) is 10.2 Å². The predicted octanol–water partition coefficient (Wildman–Crippen LogP) is 2.55. The second-order valence-electron chi connectivity index (χ2n) is 6.82. The number of ether oxygens (including phenoxy) is 1. The Balaban J connectivity index is 1.91. The monoisotopic (exact) mass is 340 g/mol. The fourth-order valence-corrected chi connectivity index (χ4v) is 2.70. The van der Waals surface area contributed by atoms with Crippen LogP contribution in [0.25, 0.3) is 0 Å². The zero-order valence-corrected chi connectivity index (χ0v) is 14.0. The highest BCUT2D eigenvalue weighted by Crippen LogP contribution is 2.26. The van der Waals surface area contributed by atoms with Gasteiger partial charge in [-0.1, -0.05) is 12.1 Å². The summed E-state index contributed by atoms with van der Waals surface area (Å²) < 4.78 is 28.8. The third kappa shape index (κ3) is 4.66. The van der Waals surface area contributed by atoms with Crippen molar-refractivity contribution in [3.8, 4) is 5.75 Å². The highest BCUT2D eigenvalue weighted by atomic mass is 19.3. The molecule has 1 aromatic carbocycles. The maximum absolute atomic E-state index is 12.3. The van der Waals surface area contributed by atoms with Gasteiger partial charge in [0, 0.05) is 25.0 Å². The number of carbonyl (C=O) groups is 2. The number of hydrogen-bond acceptors (Lipinski definition) is 3. The van der Waals surface area contributed by atoms with E-state index in [2.05, 4.69) is 10.1 Å². The van der Waals surface area contributed by atoms with Crippen molar-refractivity contribution in [2.45, 2.75) is 45.9 Å². The second-order valence-corrected chi connectivity index (χ2v) is 6.82. The summed E-state index contributed by atoms with van der Waals surface area (Å²) in [5.41, 5.74) is 0.339. The summed E-state index contributed by atoms with van der Waals surface area (Å²) in [6.07, 6.45) is 0.192. The number of likely N-dealkylation sites (tertiary alicyclic amines) is 1. The summed E-state index contributed by atoms with van der Waals surface area (Å²) in [5.74, 6) is -0.589. The summed E-state index contributed by atoms with van der Waals surface area (Å²) in [5, 5.41) is 2.75. The smallest absolute Gasteiger partial charge is 0.387 e. The number of nitrogens with zero attached hydrogens (tertiary/aromatic N) is 1. The first-order chi connectivity index (χ1) is 11.2. The van der Waals surface area contributed by atoms with Gasteiger partial charge in [0.1, 0.15) is 5.75 Å². The standard InChI is InChI=1S/C17H22F2N2O3/c1-17(2,3)21-10-12(8-14(21)22)15(23)20-9-11-5-4-6-13(7-11)24-16(18)19/h4-7,12,16H,8-10H2,1-3H3,(H,20,23)/t12-/m0/s1. The molecule has 0 aromatic heterocycles. The van der Waals surface area contributed by atoms with Crippen LogP contribution in [0.2, 0.25) is 0 Å². The molecule has 1 atom stereocenters. The lowest BCUT2D eigenvalue weighted by Crippen LogP contribution is -2.43. The lowest BCUT2D eigenvalue weighted by molar-refractivity contribution is -0.132. The Labute approximate surface area is 140 Å². The van der Waals surface area contributed by atoms with Crippen molar-refractivity contribution in [2.75, 3.05) is 6.54 Å². The molecule has 1 N–H and O–H groups in total. The molecule has 5 nitrogen and oxygen atoms in total. The van der Waals surface area contributed by atoms with Crippen LogP contribution in [-0.2, 0) is 16.1 Å². The quantitative estimate of drug-likeness (QED) is 0.896. The summed E-state index contributed by atoms with van der Waals surface area (Å²) in [6.45, 7) is 3.49. The molecule has 0 aliphatic carbocycles. The third-order valence-corrected chi connectivity index (χ3v) is 3.90. The van der Waals surface area contributed by atoms with Gasteiger partial charge in [-0.3, -0.25) is 9.59 Å². The molecule has 0 unspecified atom stereocenters. The van der Waals surface area contributed by atoms with E-state index < -0.39 is 12.5 Å². The minimum Gasteiger partial charge on any atom is -0.435 e. The van der Waals surface area contributed by atoms with Crippen LogP contribution in [0.15, 0.2) is 24.3 Å². The highest BCUT2D eigenvalue weighted by Gasteiger charge is 2.39. The van der Waals surface area contributed by atoms with Crippen molar-refractivity contribution in [3.63, 3.8) is 0 Å². The van der Waals surface area contributed by atoms with Crippen LogP contribution in [-0.4, -0.2) is 35.4 Å². The van der Waals surface area contributed by atoms with E-state index in [1.165, 1.54) is 12.1 Å². The molecular weight excluding hydrogens is 318 g/mol. The highest BCUT2D eigenvalue weighted by molar-refractivity contribution is 5.89. The average Bonchev–Trinajstić information content (AvgIpc) is 2.86. The molecule has 2 rings (SSSR count). The van der Waals surface area contributed by atoms with Gasteiger partial charge in [0.2, 0.25) is 11.8 Å². The van der Waals surface area contributed by atoms with Gasteiger partial charge in [-0.05, 0) is 38.5 Å². The molecule has 24 heavy (non-hydrogen) atoms. The van der Waals surface area contributed by atoms with Gasteiger partial charge in [-0.15, -0.1) is 0 Å². The van der Waals surface area contributed by atoms with Crippen molar-refractivity contribution in [3.05, 3.63) is 29.8 Å². The van der Waals surface area contributed by atoms with E-state index >= 15 is 0 Å². The fraction of sp³-hybridized carbons (Fsp3) is 0.529. The largest absolute Gasteiger partial charge is 0.435 e. The van der Waals surface area contributed by atoms with Crippen LogP contribution in [0.1, 0.15) is 32.8 Å². The van der Waals surface area contributed by atoms with E-state index in [-0.39, 0.29) is 36.1 Å². The zero-order chi connectivity index (χ0) is 17.9. The van der Waals surface area contributed by atoms with E-state index in [9.17, 15) is 18.4 Å². The van der Waals surface area contributed by atoms with E-state index in [1.807, 2.05) is 20.8 Å². The molecule has 1 aromatic rings. The predicted molar refractivity (Wildman–Crippen MR) is 84.5 cm³/mol. The molecule has 0 saturated carbocycles. The Morgan fingerprint density at radius 1 is 1.42 bits per heavy atom. The van der Waals surface area contributed by atoms with Crippen molar-refractivity contribution in [2.24, 2.45) is 5.92 Å². The van der Waals surface area contributed by atoms with Crippen LogP contribution in [0.4, 0.5) is 8.78 Å². The third-order valence-electron chi connectivity index (χ3n) is 3.90. The molecule has 0 bridgehead atoms. The maximum atomic E-state index is 12.3. The Morgan fingerprint density at radius 2 is 2.12 bits per heavy atom. The molecule has 132 valence electrons. The molecule has 1 heterocycles. The molecule has 1 aliphatic heterocycles. The Hall–Kier alpha value is -2.18. The van der Waals surface area contributed by atoms with E-state index in [0.717, 1.165) is 0 Å². The first-order valence-electron chi connectivity index (χ1n) is 7.79. The number of alkyl halides is 2. The Bertz CT molecular complexity index is 614. The average molecular weight is 340 g/mol. The van der Waals surface area contributed by atoms with Gasteiger partial charge in [0.15, 0.2) is 0 Å². The zero-order valence-electron chi connectivity index (χ0n) is 14.0. The lowest BCUT2D eigenvalue weighted by Gasteiger charge is -2.31. The summed E-state index contributed by atoms with van der Waals surface area (Å²) >= 11 is 0. The molecule has 1 saturated heterocycles. The van der Waals surface area contributed by atoms with Gasteiger partial charge in [-0.25, -0.2) is 0 Å². The van der Waals surface area contributed by atoms with Crippen molar-refractivity contribution < 1.29 is 23.1 Å². The first-order valence-corrected chi connectivity index (χ1v) is 7.79. The SMILES string of the molecule is CC(C)(C)N1C[C@@H](C(=O)NCc2cccc(OC(F)F)c2)CC1=O. The molecule has 1 fully saturated rings. The minimum atomic E-state index is -2.89. The summed E-state index contributed by atoms with van der Waals surface area (Å²) in [4.78, 5) is 26.0. The van der Waals surface area contributed by atoms with Gasteiger partial charge < -0.3 is 15.0 Å². The first kappa shape index (κ1) is 18.2. The number of nitrogens with one attached hydrogen (secondary N) is 1. The topological polar surface area (TPSA) is 58.6 Å². The van der Waals surface area contributed by atoms with E-state index in [4.69, 9.17) is 0 Å². The number of hydrogen-bond donors (Lipinski definition) is 1. The minimum absolute atomic E-state index is 0.0324. The Morgan fingerprint density at radius 3 is 2.71 bits per heavy atom. The maximum Gasteiger partial charge on any atom is 0.387 e. The normalized spacial score (nSPS) is 18.2. The molecule has 7 heteroatoms. The molecule has 2 amide bonds. The summed E-state index contributed by atoms with van der Waals surface area (Å²) in [6, 6.07) is 6.17. The van der Waals surface area contributed by atoms with E-state index in [1.54, 1.807) is 17.0 Å². The number of amides is 2. The van der Waals surface area contributed by atoms with Crippen LogP contribution in [0.5, 0.6) is 5.75 Å². The molecule has 1 aliphatic rings. The van der Waals surface area contributed by atoms with Gasteiger partial charge >= 0.3 is 6.61 Å². The summed E-state index contributed by atoms with van der Waals surface area (Å²) in [7, 11) is 0. The Kier molecular flexibility index (Phi) is 5.41. The second kappa shape index (κ2) is 7.15. The van der Waals surface area contributed by atoms with Gasteiger partial charge in [0.05, 0.1) is 5.92 Å². The number of halogens is 2. The van der Waals surface area contributed by atoms with Crippen molar-refractivity contribution in [1.29, 1.82) is 0 Å². The van der Waals surface area contributed by atoms with Crippen LogP contribution in [0, 0.1) is 5.92 Å². The van der Waals surface area contributed by atoms with Crippen LogP contribution < -0.4 is 10.1 Å². The number of carbonyl (C=O) groups excluding carboxylic acids is 2. The number of rotatable bonds is 5. The van der Waals surface area contributed by atoms with Gasteiger partial charge in [0.25, 0.3) is 0 Å². The van der Waals surface area contributed by atoms with Gasteiger partial charge in [-0.2, -0.15) is 8.78 Å². The molecular formula is C17H22F2N2O3. The number of benzene rings is 1.